The molecular weight excluding hydrogens is 296 g/mol. The van der Waals surface area contributed by atoms with Crippen molar-refractivity contribution < 1.29 is 14.7 Å². The van der Waals surface area contributed by atoms with Crippen LogP contribution in [0.4, 0.5) is 5.69 Å². The quantitative estimate of drug-likeness (QED) is 0.810. The average Bonchev–Trinajstić information content (AvgIpc) is 2.37. The molecule has 0 saturated heterocycles. The van der Waals surface area contributed by atoms with E-state index in [9.17, 15) is 14.4 Å². The van der Waals surface area contributed by atoms with Gasteiger partial charge in [0.2, 0.25) is 0 Å². The molecule has 7 heteroatoms. The lowest BCUT2D eigenvalue weighted by atomic mass is 10.1. The highest BCUT2D eigenvalue weighted by atomic mass is 35.5. The number of carboxylic acid groups (broad SMARTS) is 1. The highest BCUT2D eigenvalue weighted by molar-refractivity contribution is 6.31. The molecule has 0 radical (unpaired) electrons. The van der Waals surface area contributed by atoms with Gasteiger partial charge in [0, 0.05) is 10.7 Å². The molecule has 1 amide bonds. The van der Waals surface area contributed by atoms with Crippen molar-refractivity contribution in [1.29, 1.82) is 0 Å². The first-order valence-corrected chi connectivity index (χ1v) is 6.30. The number of carboxylic acids is 1. The number of rotatable bonds is 3. The van der Waals surface area contributed by atoms with Gasteiger partial charge in [-0.15, -0.1) is 0 Å². The number of aromatic amines is 1. The molecule has 21 heavy (non-hydrogen) atoms. The maximum atomic E-state index is 12.1. The Morgan fingerprint density at radius 2 is 1.86 bits per heavy atom. The minimum Gasteiger partial charge on any atom is -0.478 e. The Morgan fingerprint density at radius 3 is 2.48 bits per heavy atom. The summed E-state index contributed by atoms with van der Waals surface area (Å²) in [5.74, 6) is -1.92. The van der Waals surface area contributed by atoms with E-state index >= 15 is 0 Å². The van der Waals surface area contributed by atoms with Crippen LogP contribution in [-0.4, -0.2) is 22.0 Å². The van der Waals surface area contributed by atoms with Crippen molar-refractivity contribution in [2.24, 2.45) is 0 Å². The molecule has 2 aromatic rings. The third-order valence-electron chi connectivity index (χ3n) is 2.76. The molecule has 0 atom stereocenters. The number of pyridine rings is 1. The minimum absolute atomic E-state index is 0.0278. The van der Waals surface area contributed by atoms with Gasteiger partial charge >= 0.3 is 5.97 Å². The third kappa shape index (κ3) is 3.29. The SMILES string of the molecule is Cc1ccc(C(=O)Nc2cc(Cl)ccc2C(=O)O)c(=O)[nH]1. The molecule has 0 unspecified atom stereocenters. The van der Waals surface area contributed by atoms with Gasteiger partial charge in [-0.2, -0.15) is 0 Å². The van der Waals surface area contributed by atoms with Crippen LogP contribution in [0.5, 0.6) is 0 Å². The van der Waals surface area contributed by atoms with E-state index in [2.05, 4.69) is 10.3 Å². The number of aryl methyl sites for hydroxylation is 1. The summed E-state index contributed by atoms with van der Waals surface area (Å²) >= 11 is 5.79. The van der Waals surface area contributed by atoms with E-state index in [0.29, 0.717) is 5.69 Å². The number of aromatic nitrogens is 1. The zero-order valence-electron chi connectivity index (χ0n) is 10.9. The lowest BCUT2D eigenvalue weighted by molar-refractivity contribution is 0.0698. The maximum Gasteiger partial charge on any atom is 0.337 e. The highest BCUT2D eigenvalue weighted by Crippen LogP contribution is 2.21. The molecular formula is C14H11ClN2O4. The fourth-order valence-corrected chi connectivity index (χ4v) is 1.92. The summed E-state index contributed by atoms with van der Waals surface area (Å²) < 4.78 is 0. The number of carbonyl (C=O) groups excluding carboxylic acids is 1. The lowest BCUT2D eigenvalue weighted by Crippen LogP contribution is -2.24. The largest absolute Gasteiger partial charge is 0.478 e. The fourth-order valence-electron chi connectivity index (χ4n) is 1.75. The van der Waals surface area contributed by atoms with Crippen LogP contribution in [0, 0.1) is 6.92 Å². The summed E-state index contributed by atoms with van der Waals surface area (Å²) in [5.41, 5.74) is -0.134. The Balaban J connectivity index is 2.38. The van der Waals surface area contributed by atoms with Crippen molar-refractivity contribution in [3.63, 3.8) is 0 Å². The highest BCUT2D eigenvalue weighted by Gasteiger charge is 2.16. The van der Waals surface area contributed by atoms with Gasteiger partial charge in [0.15, 0.2) is 0 Å². The van der Waals surface area contributed by atoms with Crippen LogP contribution in [0.3, 0.4) is 0 Å². The Bertz CT molecular complexity index is 783. The predicted molar refractivity (Wildman–Crippen MR) is 78.2 cm³/mol. The number of anilines is 1. The van der Waals surface area contributed by atoms with E-state index < -0.39 is 17.4 Å². The van der Waals surface area contributed by atoms with Gasteiger partial charge in [0.1, 0.15) is 5.56 Å². The molecule has 1 aromatic carbocycles. The number of carbonyl (C=O) groups is 2. The average molecular weight is 307 g/mol. The summed E-state index contributed by atoms with van der Waals surface area (Å²) in [4.78, 5) is 37.4. The van der Waals surface area contributed by atoms with Crippen LogP contribution in [0.15, 0.2) is 35.1 Å². The molecule has 0 spiro atoms. The molecule has 0 aliphatic carbocycles. The summed E-state index contributed by atoms with van der Waals surface area (Å²) in [5, 5.41) is 11.7. The molecule has 1 aromatic heterocycles. The van der Waals surface area contributed by atoms with Crippen molar-refractivity contribution in [3.05, 3.63) is 62.5 Å². The van der Waals surface area contributed by atoms with E-state index in [4.69, 9.17) is 16.7 Å². The number of aromatic carboxylic acids is 1. The molecule has 2 rings (SSSR count). The topological polar surface area (TPSA) is 99.3 Å². The maximum absolute atomic E-state index is 12.1. The molecule has 0 aliphatic heterocycles. The molecule has 108 valence electrons. The van der Waals surface area contributed by atoms with Crippen LogP contribution in [0.2, 0.25) is 5.02 Å². The summed E-state index contributed by atoms with van der Waals surface area (Å²) in [6, 6.07) is 6.94. The summed E-state index contributed by atoms with van der Waals surface area (Å²) in [6.07, 6.45) is 0. The number of hydrogen-bond acceptors (Lipinski definition) is 3. The van der Waals surface area contributed by atoms with Crippen molar-refractivity contribution in [2.45, 2.75) is 6.92 Å². The van der Waals surface area contributed by atoms with Gasteiger partial charge in [-0.1, -0.05) is 11.6 Å². The second kappa shape index (κ2) is 5.80. The van der Waals surface area contributed by atoms with Crippen LogP contribution < -0.4 is 10.9 Å². The Labute approximate surface area is 124 Å². The Hall–Kier alpha value is -2.60. The van der Waals surface area contributed by atoms with E-state index in [0.717, 1.165) is 0 Å². The number of benzene rings is 1. The molecule has 6 nitrogen and oxygen atoms in total. The van der Waals surface area contributed by atoms with E-state index in [1.54, 1.807) is 13.0 Å². The normalized spacial score (nSPS) is 10.2. The first kappa shape index (κ1) is 14.8. The van der Waals surface area contributed by atoms with Gasteiger partial charge in [-0.05, 0) is 37.3 Å². The van der Waals surface area contributed by atoms with Crippen molar-refractivity contribution in [1.82, 2.24) is 4.98 Å². The van der Waals surface area contributed by atoms with Crippen molar-refractivity contribution in [2.75, 3.05) is 5.32 Å². The molecule has 0 saturated carbocycles. The standard InChI is InChI=1S/C14H11ClN2O4/c1-7-2-4-10(12(18)16-7)13(19)17-11-6-8(15)3-5-9(11)14(20)21/h2-6H,1H3,(H,16,18)(H,17,19)(H,20,21). The van der Waals surface area contributed by atoms with E-state index in [1.165, 1.54) is 24.3 Å². The number of amides is 1. The molecule has 0 bridgehead atoms. The third-order valence-corrected chi connectivity index (χ3v) is 3.00. The van der Waals surface area contributed by atoms with Crippen LogP contribution in [0.25, 0.3) is 0 Å². The number of nitrogens with one attached hydrogen (secondary N) is 2. The van der Waals surface area contributed by atoms with Crippen molar-refractivity contribution >= 4 is 29.2 Å². The summed E-state index contributed by atoms with van der Waals surface area (Å²) in [6.45, 7) is 1.68. The number of hydrogen-bond donors (Lipinski definition) is 3. The van der Waals surface area contributed by atoms with Crippen LogP contribution >= 0.6 is 11.6 Å². The van der Waals surface area contributed by atoms with Gasteiger partial charge in [-0.25, -0.2) is 4.79 Å². The van der Waals surface area contributed by atoms with E-state index in [-0.39, 0.29) is 21.8 Å². The number of H-pyrrole nitrogens is 1. The first-order valence-electron chi connectivity index (χ1n) is 5.92. The minimum atomic E-state index is -1.21. The van der Waals surface area contributed by atoms with Gasteiger partial charge in [0.25, 0.3) is 11.5 Å². The molecule has 1 heterocycles. The smallest absolute Gasteiger partial charge is 0.337 e. The second-order valence-corrected chi connectivity index (χ2v) is 4.77. The van der Waals surface area contributed by atoms with Gasteiger partial charge in [-0.3, -0.25) is 9.59 Å². The fraction of sp³-hybridized carbons (Fsp3) is 0.0714. The summed E-state index contributed by atoms with van der Waals surface area (Å²) in [7, 11) is 0. The van der Waals surface area contributed by atoms with Crippen LogP contribution in [-0.2, 0) is 0 Å². The predicted octanol–water partition coefficient (Wildman–Crippen LogP) is 2.29. The first-order chi connectivity index (χ1) is 9.88. The number of halogens is 1. The molecule has 0 aliphatic rings. The van der Waals surface area contributed by atoms with Gasteiger partial charge in [0.05, 0.1) is 11.3 Å². The van der Waals surface area contributed by atoms with Crippen molar-refractivity contribution in [3.8, 4) is 0 Å². The Kier molecular flexibility index (Phi) is 4.09. The lowest BCUT2D eigenvalue weighted by Gasteiger charge is -2.08. The molecule has 3 N–H and O–H groups in total. The van der Waals surface area contributed by atoms with E-state index in [1.807, 2.05) is 0 Å². The van der Waals surface area contributed by atoms with Gasteiger partial charge < -0.3 is 15.4 Å². The zero-order valence-corrected chi connectivity index (χ0v) is 11.7. The monoisotopic (exact) mass is 306 g/mol. The van der Waals surface area contributed by atoms with Crippen LogP contribution in [0.1, 0.15) is 26.4 Å². The second-order valence-electron chi connectivity index (χ2n) is 4.33. The Morgan fingerprint density at radius 1 is 1.19 bits per heavy atom. The molecule has 0 fully saturated rings. The zero-order chi connectivity index (χ0) is 15.6.